The molecule has 8 nitrogen and oxygen atoms in total. The molecule has 0 bridgehead atoms. The third-order valence-electron chi connectivity index (χ3n) is 6.70. The number of nitrogens with one attached hydrogen (secondary N) is 3. The maximum absolute atomic E-state index is 12.8. The summed E-state index contributed by atoms with van der Waals surface area (Å²) < 4.78 is 5.81. The number of carbonyl (C=O) groups excluding carboxylic acids is 2. The van der Waals surface area contributed by atoms with Crippen molar-refractivity contribution in [2.75, 3.05) is 0 Å². The number of benzene rings is 2. The van der Waals surface area contributed by atoms with Gasteiger partial charge in [0.1, 0.15) is 11.6 Å². The number of ether oxygens (including phenoxy) is 1. The predicted molar refractivity (Wildman–Crippen MR) is 132 cm³/mol. The van der Waals surface area contributed by atoms with Gasteiger partial charge in [0.25, 0.3) is 5.91 Å². The van der Waals surface area contributed by atoms with Gasteiger partial charge in [0.15, 0.2) is 6.10 Å². The van der Waals surface area contributed by atoms with E-state index in [4.69, 9.17) is 27.9 Å². The molecule has 2 heterocycles. The maximum Gasteiger partial charge on any atom is 0.261 e. The van der Waals surface area contributed by atoms with Crippen LogP contribution in [0.4, 0.5) is 0 Å². The number of nitrogens with zero attached hydrogens (tertiary/aromatic N) is 1. The van der Waals surface area contributed by atoms with Crippen LogP contribution in [0.2, 0.25) is 10.0 Å². The van der Waals surface area contributed by atoms with Crippen molar-refractivity contribution in [2.24, 2.45) is 5.92 Å². The quantitative estimate of drug-likeness (QED) is 0.408. The average molecular weight is 517 g/mol. The van der Waals surface area contributed by atoms with Crippen LogP contribution in [0.25, 0.3) is 11.0 Å². The topological polar surface area (TPSA) is 116 Å². The van der Waals surface area contributed by atoms with Crippen molar-refractivity contribution in [2.45, 2.75) is 56.9 Å². The SMILES string of the molecule is O=C(NCc1nc2ccc(Cl)cc2[nH]1)C1CCC(NC(=O)[C@H]2C[C@@H](O)c3cc(Cl)ccc3O2)CC1. The van der Waals surface area contributed by atoms with Crippen LogP contribution in [0.15, 0.2) is 36.4 Å². The van der Waals surface area contributed by atoms with Crippen molar-refractivity contribution in [1.29, 1.82) is 0 Å². The zero-order valence-corrected chi connectivity index (χ0v) is 20.4. The molecule has 4 N–H and O–H groups in total. The molecule has 1 aliphatic carbocycles. The first-order chi connectivity index (χ1) is 16.9. The van der Waals surface area contributed by atoms with Gasteiger partial charge in [0.2, 0.25) is 5.91 Å². The molecule has 2 atom stereocenters. The molecule has 0 unspecified atom stereocenters. The van der Waals surface area contributed by atoms with E-state index in [1.165, 1.54) is 0 Å². The number of aliphatic hydroxyl groups is 1. The monoisotopic (exact) mass is 516 g/mol. The molecule has 1 aromatic heterocycles. The summed E-state index contributed by atoms with van der Waals surface area (Å²) in [5.41, 5.74) is 2.23. The molecule has 35 heavy (non-hydrogen) atoms. The van der Waals surface area contributed by atoms with E-state index in [1.807, 2.05) is 6.07 Å². The standard InChI is InChI=1S/C25H26Cl2N4O4/c26-14-4-8-21-17(9-14)20(32)11-22(35-21)25(34)29-16-5-1-13(2-6-16)24(33)28-12-23-30-18-7-3-15(27)10-19(18)31-23/h3-4,7-10,13,16,20,22,32H,1-2,5-6,11-12H2,(H,28,33)(H,29,34)(H,30,31)/t13?,16?,20-,22-/m1/s1. The first-order valence-corrected chi connectivity index (χ1v) is 12.5. The summed E-state index contributed by atoms with van der Waals surface area (Å²) in [6.45, 7) is 0.315. The maximum atomic E-state index is 12.8. The number of aromatic nitrogens is 2. The summed E-state index contributed by atoms with van der Waals surface area (Å²) >= 11 is 12.0. The van der Waals surface area contributed by atoms with Gasteiger partial charge in [0, 0.05) is 34.0 Å². The Morgan fingerprint density at radius 3 is 2.60 bits per heavy atom. The van der Waals surface area contributed by atoms with Gasteiger partial charge < -0.3 is 25.5 Å². The van der Waals surface area contributed by atoms with Crippen LogP contribution in [0.5, 0.6) is 5.75 Å². The van der Waals surface area contributed by atoms with Crippen LogP contribution in [0.1, 0.15) is 49.6 Å². The fourth-order valence-corrected chi connectivity index (χ4v) is 5.16. The predicted octanol–water partition coefficient (Wildman–Crippen LogP) is 4.05. The Hall–Kier alpha value is -2.81. The smallest absolute Gasteiger partial charge is 0.261 e. The lowest BCUT2D eigenvalue weighted by atomic mass is 9.85. The molecule has 184 valence electrons. The lowest BCUT2D eigenvalue weighted by Crippen LogP contribution is -2.47. The molecule has 1 aliphatic heterocycles. The molecule has 0 saturated heterocycles. The van der Waals surface area contributed by atoms with Gasteiger partial charge in [-0.05, 0) is 62.1 Å². The molecule has 0 spiro atoms. The van der Waals surface area contributed by atoms with E-state index in [-0.39, 0.29) is 30.2 Å². The fraction of sp³-hybridized carbons (Fsp3) is 0.400. The van der Waals surface area contributed by atoms with E-state index in [1.54, 1.807) is 30.3 Å². The Morgan fingerprint density at radius 2 is 1.80 bits per heavy atom. The summed E-state index contributed by atoms with van der Waals surface area (Å²) in [6, 6.07) is 10.4. The van der Waals surface area contributed by atoms with Crippen LogP contribution in [-0.4, -0.2) is 39.0 Å². The van der Waals surface area contributed by atoms with E-state index in [2.05, 4.69) is 20.6 Å². The molecule has 2 aliphatic rings. The number of amides is 2. The minimum atomic E-state index is -0.809. The van der Waals surface area contributed by atoms with E-state index in [0.717, 1.165) is 11.0 Å². The zero-order valence-electron chi connectivity index (χ0n) is 18.9. The van der Waals surface area contributed by atoms with Crippen molar-refractivity contribution < 1.29 is 19.4 Å². The van der Waals surface area contributed by atoms with Gasteiger partial charge in [0.05, 0.1) is 23.7 Å². The minimum absolute atomic E-state index is 0.0118. The molecular weight excluding hydrogens is 491 g/mol. The van der Waals surface area contributed by atoms with Gasteiger partial charge in [-0.25, -0.2) is 4.98 Å². The Morgan fingerprint density at radius 1 is 1.06 bits per heavy atom. The highest BCUT2D eigenvalue weighted by atomic mass is 35.5. The largest absolute Gasteiger partial charge is 0.480 e. The lowest BCUT2D eigenvalue weighted by Gasteiger charge is -2.32. The second-order valence-electron chi connectivity index (χ2n) is 9.16. The number of rotatable bonds is 5. The summed E-state index contributed by atoms with van der Waals surface area (Å²) in [5, 5.41) is 17.5. The Balaban J connectivity index is 1.09. The molecule has 1 saturated carbocycles. The third-order valence-corrected chi connectivity index (χ3v) is 7.17. The van der Waals surface area contributed by atoms with Gasteiger partial charge in [-0.1, -0.05) is 23.2 Å². The second-order valence-corrected chi connectivity index (χ2v) is 10.0. The number of H-pyrrole nitrogens is 1. The number of fused-ring (bicyclic) bond motifs is 2. The van der Waals surface area contributed by atoms with Crippen LogP contribution in [0, 0.1) is 5.92 Å². The minimum Gasteiger partial charge on any atom is -0.480 e. The Labute approximate surface area is 212 Å². The van der Waals surface area contributed by atoms with E-state index >= 15 is 0 Å². The Bertz CT molecular complexity index is 1260. The molecular formula is C25H26Cl2N4O4. The van der Waals surface area contributed by atoms with Gasteiger partial charge in [-0.2, -0.15) is 0 Å². The number of imidazole rings is 1. The van der Waals surface area contributed by atoms with Gasteiger partial charge >= 0.3 is 0 Å². The molecule has 5 rings (SSSR count). The highest BCUT2D eigenvalue weighted by molar-refractivity contribution is 6.31. The summed E-state index contributed by atoms with van der Waals surface area (Å²) in [4.78, 5) is 33.1. The van der Waals surface area contributed by atoms with E-state index < -0.39 is 12.2 Å². The normalized spacial score (nSPS) is 23.9. The van der Waals surface area contributed by atoms with Crippen molar-refractivity contribution in [3.63, 3.8) is 0 Å². The second kappa shape index (κ2) is 10.0. The summed E-state index contributed by atoms with van der Waals surface area (Å²) in [5.74, 6) is 0.785. The van der Waals surface area contributed by atoms with E-state index in [0.29, 0.717) is 59.4 Å². The first kappa shape index (κ1) is 23.9. The lowest BCUT2D eigenvalue weighted by molar-refractivity contribution is -0.131. The third kappa shape index (κ3) is 5.39. The van der Waals surface area contributed by atoms with Crippen molar-refractivity contribution in [3.05, 3.63) is 57.8 Å². The summed E-state index contributed by atoms with van der Waals surface area (Å²) in [7, 11) is 0. The fourth-order valence-electron chi connectivity index (χ4n) is 4.81. The van der Waals surface area contributed by atoms with Gasteiger partial charge in [-0.15, -0.1) is 0 Å². The molecule has 2 aromatic carbocycles. The van der Waals surface area contributed by atoms with Crippen LogP contribution >= 0.6 is 23.2 Å². The van der Waals surface area contributed by atoms with E-state index in [9.17, 15) is 14.7 Å². The van der Waals surface area contributed by atoms with Crippen LogP contribution < -0.4 is 15.4 Å². The summed E-state index contributed by atoms with van der Waals surface area (Å²) in [6.07, 6.45) is 1.37. The molecule has 2 amide bonds. The number of hydrogen-bond acceptors (Lipinski definition) is 5. The average Bonchev–Trinajstić information content (AvgIpc) is 3.25. The number of carbonyl (C=O) groups is 2. The zero-order chi connectivity index (χ0) is 24.5. The van der Waals surface area contributed by atoms with Crippen molar-refractivity contribution in [3.8, 4) is 5.75 Å². The molecule has 3 aromatic rings. The van der Waals surface area contributed by atoms with Crippen molar-refractivity contribution in [1.82, 2.24) is 20.6 Å². The first-order valence-electron chi connectivity index (χ1n) is 11.7. The number of aliphatic hydroxyl groups excluding tert-OH is 1. The Kier molecular flexibility index (Phi) is 6.86. The van der Waals surface area contributed by atoms with Crippen LogP contribution in [0.3, 0.4) is 0 Å². The highest BCUT2D eigenvalue weighted by Crippen LogP contribution is 2.36. The number of aromatic amines is 1. The van der Waals surface area contributed by atoms with Gasteiger partial charge in [-0.3, -0.25) is 9.59 Å². The molecule has 0 radical (unpaired) electrons. The number of hydrogen-bond donors (Lipinski definition) is 4. The number of halogens is 2. The van der Waals surface area contributed by atoms with Crippen molar-refractivity contribution >= 4 is 46.0 Å². The molecule has 10 heteroatoms. The van der Waals surface area contributed by atoms with Crippen LogP contribution in [-0.2, 0) is 16.1 Å². The highest BCUT2D eigenvalue weighted by Gasteiger charge is 2.34. The molecule has 1 fully saturated rings.